The normalized spacial score (nSPS) is 11.2. The van der Waals surface area contributed by atoms with Crippen molar-refractivity contribution in [2.24, 2.45) is 0 Å². The summed E-state index contributed by atoms with van der Waals surface area (Å²) in [5, 5.41) is 1.98. The van der Waals surface area contributed by atoms with Crippen LogP contribution in [0.2, 0.25) is 0 Å². The Bertz CT molecular complexity index is 2300. The van der Waals surface area contributed by atoms with Gasteiger partial charge >= 0.3 is 0 Å². The fourth-order valence-electron chi connectivity index (χ4n) is 5.74. The van der Waals surface area contributed by atoms with Gasteiger partial charge in [0, 0.05) is 38.7 Å². The fourth-order valence-corrected chi connectivity index (χ4v) is 5.74. The molecule has 0 amide bonds. The first-order chi connectivity index (χ1) is 22.2. The third kappa shape index (κ3) is 5.11. The van der Waals surface area contributed by atoms with Gasteiger partial charge in [-0.05, 0) is 30.2 Å². The molecule has 3 heterocycles. The zero-order chi connectivity index (χ0) is 30.2. The summed E-state index contributed by atoms with van der Waals surface area (Å²) in [6, 6.07) is 49.5. The smallest absolute Gasteiger partial charge is 0.164 e. The molecule has 0 aliphatic rings. The van der Waals surface area contributed by atoms with Crippen molar-refractivity contribution < 1.29 is 0 Å². The Kier molecular flexibility index (Phi) is 6.61. The number of hydrogen-bond acceptors (Lipinski definition) is 5. The maximum Gasteiger partial charge on any atom is 0.164 e. The van der Waals surface area contributed by atoms with Gasteiger partial charge in [0.05, 0.1) is 16.7 Å². The molecular formula is C40H27N5. The van der Waals surface area contributed by atoms with E-state index in [2.05, 4.69) is 91.0 Å². The molecule has 0 saturated carbocycles. The van der Waals surface area contributed by atoms with Crippen LogP contribution in [0, 0.1) is 6.92 Å². The fraction of sp³-hybridized carbons (Fsp3) is 0.0250. The number of fused-ring (bicyclic) bond motifs is 3. The highest BCUT2D eigenvalue weighted by molar-refractivity contribution is 6.08. The summed E-state index contributed by atoms with van der Waals surface area (Å²) in [4.78, 5) is 25.1. The summed E-state index contributed by atoms with van der Waals surface area (Å²) in [6.07, 6.45) is 0. The van der Waals surface area contributed by atoms with Gasteiger partial charge in [-0.15, -0.1) is 0 Å². The van der Waals surface area contributed by atoms with Gasteiger partial charge in [-0.2, -0.15) is 0 Å². The Morgan fingerprint density at radius 3 is 1.56 bits per heavy atom. The van der Waals surface area contributed by atoms with Crippen LogP contribution < -0.4 is 0 Å². The number of aryl methyl sites for hydroxylation is 1. The van der Waals surface area contributed by atoms with Crippen LogP contribution in [0.4, 0.5) is 0 Å². The zero-order valence-electron chi connectivity index (χ0n) is 24.6. The van der Waals surface area contributed by atoms with Gasteiger partial charge in [-0.25, -0.2) is 19.9 Å². The van der Waals surface area contributed by atoms with Crippen molar-refractivity contribution in [1.82, 2.24) is 24.9 Å². The van der Waals surface area contributed by atoms with Gasteiger partial charge in [0.2, 0.25) is 0 Å². The molecule has 0 aliphatic carbocycles. The van der Waals surface area contributed by atoms with Gasteiger partial charge < -0.3 is 0 Å². The minimum absolute atomic E-state index is 0.597. The van der Waals surface area contributed by atoms with E-state index >= 15 is 0 Å². The Hall–Kier alpha value is -6.07. The molecule has 5 heteroatoms. The van der Waals surface area contributed by atoms with Crippen molar-refractivity contribution in [3.8, 4) is 56.5 Å². The summed E-state index contributed by atoms with van der Waals surface area (Å²) < 4.78 is 0. The van der Waals surface area contributed by atoms with E-state index in [1.807, 2.05) is 61.5 Å². The van der Waals surface area contributed by atoms with Crippen molar-refractivity contribution in [1.29, 1.82) is 0 Å². The van der Waals surface area contributed by atoms with Crippen LogP contribution in [0.25, 0.3) is 78.4 Å². The second-order valence-electron chi connectivity index (χ2n) is 11.0. The minimum atomic E-state index is 0.597. The summed E-state index contributed by atoms with van der Waals surface area (Å²) in [6.45, 7) is 2.01. The van der Waals surface area contributed by atoms with E-state index in [1.54, 1.807) is 0 Å². The average Bonchev–Trinajstić information content (AvgIpc) is 3.12. The molecule has 0 bridgehead atoms. The van der Waals surface area contributed by atoms with Crippen molar-refractivity contribution >= 4 is 21.8 Å². The van der Waals surface area contributed by atoms with Crippen LogP contribution in [0.3, 0.4) is 0 Å². The minimum Gasteiger partial charge on any atom is -0.251 e. The molecule has 212 valence electrons. The molecule has 0 radical (unpaired) electrons. The lowest BCUT2D eigenvalue weighted by molar-refractivity contribution is 1.07. The number of rotatable bonds is 5. The van der Waals surface area contributed by atoms with Gasteiger partial charge in [0.25, 0.3) is 0 Å². The molecule has 8 aromatic rings. The molecule has 0 N–H and O–H groups in total. The summed E-state index contributed by atoms with van der Waals surface area (Å²) in [5.74, 6) is 1.84. The topological polar surface area (TPSA) is 64.5 Å². The van der Waals surface area contributed by atoms with E-state index in [9.17, 15) is 0 Å². The third-order valence-electron chi connectivity index (χ3n) is 8.00. The highest BCUT2D eigenvalue weighted by Gasteiger charge is 2.17. The Morgan fingerprint density at radius 2 is 0.889 bits per heavy atom. The quantitative estimate of drug-likeness (QED) is 0.191. The van der Waals surface area contributed by atoms with E-state index in [-0.39, 0.29) is 0 Å². The first-order valence-corrected chi connectivity index (χ1v) is 14.9. The van der Waals surface area contributed by atoms with Gasteiger partial charge in [-0.1, -0.05) is 133 Å². The molecule has 0 unspecified atom stereocenters. The number of nitrogens with zero attached hydrogens (tertiary/aromatic N) is 5. The molecule has 0 atom stereocenters. The van der Waals surface area contributed by atoms with Crippen LogP contribution in [0.5, 0.6) is 0 Å². The molecule has 8 rings (SSSR count). The van der Waals surface area contributed by atoms with Crippen LogP contribution in [0.1, 0.15) is 5.69 Å². The van der Waals surface area contributed by atoms with E-state index in [4.69, 9.17) is 24.9 Å². The second kappa shape index (κ2) is 11.2. The lowest BCUT2D eigenvalue weighted by atomic mass is 10.0. The largest absolute Gasteiger partial charge is 0.251 e. The number of pyridine rings is 2. The van der Waals surface area contributed by atoms with E-state index in [0.29, 0.717) is 17.5 Å². The summed E-state index contributed by atoms with van der Waals surface area (Å²) in [5.41, 5.74) is 9.58. The van der Waals surface area contributed by atoms with Crippen molar-refractivity contribution in [2.75, 3.05) is 0 Å². The molecule has 0 fully saturated rings. The Labute approximate surface area is 261 Å². The van der Waals surface area contributed by atoms with E-state index in [0.717, 1.165) is 61.0 Å². The summed E-state index contributed by atoms with van der Waals surface area (Å²) in [7, 11) is 0. The first kappa shape index (κ1) is 26.5. The molecule has 45 heavy (non-hydrogen) atoms. The van der Waals surface area contributed by atoms with Gasteiger partial charge in [0.15, 0.2) is 17.5 Å². The standard InChI is InChI=1S/C40H27N5/c1-26-25-34(33-23-21-30-22-24-35(29-13-7-3-8-14-29)42-36(30)37(33)41-26)40-44-38(31-15-9-4-10-16-31)43-39(45-40)32-19-17-28(18-20-32)27-11-5-2-6-12-27/h2-25H,1H3. The second-order valence-corrected chi connectivity index (χ2v) is 11.0. The Morgan fingerprint density at radius 1 is 0.378 bits per heavy atom. The number of hydrogen-bond donors (Lipinski definition) is 0. The average molecular weight is 578 g/mol. The SMILES string of the molecule is Cc1cc(-c2nc(-c3ccccc3)nc(-c3ccc(-c4ccccc4)cc3)n2)c2ccc3ccc(-c4ccccc4)nc3c2n1. The Balaban J connectivity index is 1.32. The van der Waals surface area contributed by atoms with Crippen LogP contribution in [-0.2, 0) is 0 Å². The first-order valence-electron chi connectivity index (χ1n) is 14.9. The maximum atomic E-state index is 5.10. The van der Waals surface area contributed by atoms with Crippen molar-refractivity contribution in [3.63, 3.8) is 0 Å². The molecule has 5 nitrogen and oxygen atoms in total. The number of benzene rings is 5. The van der Waals surface area contributed by atoms with Crippen LogP contribution >= 0.6 is 0 Å². The molecule has 0 saturated heterocycles. The highest BCUT2D eigenvalue weighted by Crippen LogP contribution is 2.34. The van der Waals surface area contributed by atoms with Crippen LogP contribution in [-0.4, -0.2) is 24.9 Å². The van der Waals surface area contributed by atoms with E-state index in [1.165, 1.54) is 5.56 Å². The van der Waals surface area contributed by atoms with Crippen molar-refractivity contribution in [3.05, 3.63) is 151 Å². The van der Waals surface area contributed by atoms with Gasteiger partial charge in [0.1, 0.15) is 0 Å². The summed E-state index contributed by atoms with van der Waals surface area (Å²) >= 11 is 0. The molecular weight excluding hydrogens is 550 g/mol. The maximum absolute atomic E-state index is 5.10. The monoisotopic (exact) mass is 577 g/mol. The molecule has 0 spiro atoms. The van der Waals surface area contributed by atoms with E-state index < -0.39 is 0 Å². The van der Waals surface area contributed by atoms with Crippen LogP contribution in [0.15, 0.2) is 146 Å². The highest BCUT2D eigenvalue weighted by atomic mass is 15.0. The lowest BCUT2D eigenvalue weighted by Gasteiger charge is -2.12. The predicted molar refractivity (Wildman–Crippen MR) is 182 cm³/mol. The lowest BCUT2D eigenvalue weighted by Crippen LogP contribution is -2.01. The zero-order valence-corrected chi connectivity index (χ0v) is 24.6. The molecule has 3 aromatic heterocycles. The van der Waals surface area contributed by atoms with Crippen molar-refractivity contribution in [2.45, 2.75) is 6.92 Å². The molecule has 0 aliphatic heterocycles. The predicted octanol–water partition coefficient (Wildman–Crippen LogP) is 9.61. The number of aromatic nitrogens is 5. The third-order valence-corrected chi connectivity index (χ3v) is 8.00. The van der Waals surface area contributed by atoms with Gasteiger partial charge in [-0.3, -0.25) is 4.98 Å². The molecule has 5 aromatic carbocycles.